The van der Waals surface area contributed by atoms with E-state index in [1.54, 1.807) is 11.4 Å². The van der Waals surface area contributed by atoms with Gasteiger partial charge in [0.1, 0.15) is 0 Å². The summed E-state index contributed by atoms with van der Waals surface area (Å²) < 4.78 is 19.7. The Balaban J connectivity index is 0.00000128. The maximum Gasteiger partial charge on any atom is 1.00 e. The van der Waals surface area contributed by atoms with Crippen LogP contribution in [0.15, 0.2) is 45.5 Å². The van der Waals surface area contributed by atoms with Crippen molar-refractivity contribution >= 4 is 35.0 Å². The molecular formula is C10H9NaO2S3. The Morgan fingerprint density at radius 1 is 1.38 bits per heavy atom. The minimum absolute atomic E-state index is 0. The van der Waals surface area contributed by atoms with Crippen LogP contribution in [-0.4, -0.2) is 8.76 Å². The standard InChI is InChI=1S/C10H8O2S3.Na.H/c11-15(12)7-5-10(14-6-7)8-3-1-2-4-9(8)13;;/h1-6,13H,(H,11,12);;/q;+1;-1. The minimum atomic E-state index is -1.90. The fraction of sp³-hybridized carbons (Fsp3) is 0. The SMILES string of the molecule is O=S(O)c1csc(-c2ccccc2S)c1.[H-].[Na+]. The Bertz CT molecular complexity index is 516. The maximum absolute atomic E-state index is 10.8. The van der Waals surface area contributed by atoms with E-state index in [0.717, 1.165) is 15.3 Å². The molecule has 0 radical (unpaired) electrons. The van der Waals surface area contributed by atoms with Crippen LogP contribution in [0.4, 0.5) is 0 Å². The number of rotatable bonds is 2. The van der Waals surface area contributed by atoms with E-state index in [0.29, 0.717) is 4.90 Å². The topological polar surface area (TPSA) is 37.3 Å². The third-order valence-electron chi connectivity index (χ3n) is 1.95. The number of hydrogen-bond donors (Lipinski definition) is 2. The van der Waals surface area contributed by atoms with Crippen LogP contribution in [0.1, 0.15) is 1.43 Å². The van der Waals surface area contributed by atoms with Gasteiger partial charge in [0.25, 0.3) is 0 Å². The molecule has 0 fully saturated rings. The zero-order valence-corrected chi connectivity index (χ0v) is 13.1. The molecule has 2 rings (SSSR count). The fourth-order valence-corrected chi connectivity index (χ4v) is 3.17. The Morgan fingerprint density at radius 3 is 2.62 bits per heavy atom. The molecule has 0 aliphatic rings. The maximum atomic E-state index is 10.8. The summed E-state index contributed by atoms with van der Waals surface area (Å²) in [5.74, 6) is 0. The molecule has 1 unspecified atom stereocenters. The van der Waals surface area contributed by atoms with Gasteiger partial charge < -0.3 is 5.98 Å². The average Bonchev–Trinajstić information content (AvgIpc) is 2.67. The Hall–Kier alpha value is 0.380. The van der Waals surface area contributed by atoms with Crippen LogP contribution in [0.25, 0.3) is 10.4 Å². The Kier molecular flexibility index (Phi) is 5.73. The summed E-state index contributed by atoms with van der Waals surface area (Å²) in [6.45, 7) is 0. The van der Waals surface area contributed by atoms with E-state index in [2.05, 4.69) is 12.6 Å². The van der Waals surface area contributed by atoms with E-state index < -0.39 is 11.1 Å². The second-order valence-corrected chi connectivity index (χ2v) is 5.28. The van der Waals surface area contributed by atoms with Crippen LogP contribution >= 0.6 is 24.0 Å². The first-order chi connectivity index (χ1) is 7.18. The monoisotopic (exact) mass is 280 g/mol. The summed E-state index contributed by atoms with van der Waals surface area (Å²) in [5.41, 5.74) is 0.988. The van der Waals surface area contributed by atoms with Gasteiger partial charge in [0.2, 0.25) is 0 Å². The molecule has 80 valence electrons. The van der Waals surface area contributed by atoms with Gasteiger partial charge in [0, 0.05) is 20.7 Å². The van der Waals surface area contributed by atoms with Crippen molar-refractivity contribution in [2.75, 3.05) is 0 Å². The third kappa shape index (κ3) is 3.20. The second-order valence-electron chi connectivity index (χ2n) is 2.91. The molecule has 1 aromatic carbocycles. The quantitative estimate of drug-likeness (QED) is 0.475. The van der Waals surface area contributed by atoms with Crippen molar-refractivity contribution in [1.82, 2.24) is 0 Å². The van der Waals surface area contributed by atoms with Crippen molar-refractivity contribution in [3.8, 4) is 10.4 Å². The van der Waals surface area contributed by atoms with Gasteiger partial charge in [-0.25, -0.2) is 4.21 Å². The van der Waals surface area contributed by atoms with Crippen LogP contribution in [0.3, 0.4) is 0 Å². The van der Waals surface area contributed by atoms with Gasteiger partial charge in [0.05, 0.1) is 4.90 Å². The zero-order valence-electron chi connectivity index (χ0n) is 9.58. The van der Waals surface area contributed by atoms with Crippen LogP contribution < -0.4 is 29.6 Å². The van der Waals surface area contributed by atoms with E-state index in [-0.39, 0.29) is 31.0 Å². The smallest absolute Gasteiger partial charge is 1.00 e. The summed E-state index contributed by atoms with van der Waals surface area (Å²) in [4.78, 5) is 2.26. The van der Waals surface area contributed by atoms with Crippen LogP contribution in [0.2, 0.25) is 0 Å². The molecule has 2 aromatic rings. The molecule has 0 aliphatic heterocycles. The van der Waals surface area contributed by atoms with Crippen LogP contribution in [0, 0.1) is 0 Å². The third-order valence-corrected chi connectivity index (χ3v) is 4.09. The normalized spacial score (nSPS) is 11.9. The van der Waals surface area contributed by atoms with Crippen LogP contribution in [-0.2, 0) is 11.1 Å². The molecular weight excluding hydrogens is 271 g/mol. The first kappa shape index (κ1) is 14.4. The van der Waals surface area contributed by atoms with Crippen molar-refractivity contribution < 1.29 is 39.7 Å². The molecule has 16 heavy (non-hydrogen) atoms. The molecule has 0 spiro atoms. The van der Waals surface area contributed by atoms with Gasteiger partial charge in [-0.1, -0.05) is 18.2 Å². The molecule has 0 aliphatic carbocycles. The summed E-state index contributed by atoms with van der Waals surface area (Å²) in [7, 11) is 0. The van der Waals surface area contributed by atoms with E-state index in [1.165, 1.54) is 11.3 Å². The van der Waals surface area contributed by atoms with E-state index in [4.69, 9.17) is 4.55 Å². The summed E-state index contributed by atoms with van der Waals surface area (Å²) in [6.07, 6.45) is 0. The van der Waals surface area contributed by atoms with Crippen molar-refractivity contribution in [2.45, 2.75) is 9.79 Å². The van der Waals surface area contributed by atoms with Gasteiger partial charge in [-0.2, -0.15) is 0 Å². The molecule has 2 nitrogen and oxygen atoms in total. The molecule has 0 amide bonds. The molecule has 6 heteroatoms. The minimum Gasteiger partial charge on any atom is -1.00 e. The number of hydrogen-bond acceptors (Lipinski definition) is 3. The van der Waals surface area contributed by atoms with Gasteiger partial charge in [-0.3, -0.25) is 0 Å². The molecule has 1 N–H and O–H groups in total. The van der Waals surface area contributed by atoms with Crippen molar-refractivity contribution in [3.05, 3.63) is 35.7 Å². The van der Waals surface area contributed by atoms with Crippen molar-refractivity contribution in [1.29, 1.82) is 0 Å². The molecule has 1 heterocycles. The average molecular weight is 280 g/mol. The van der Waals surface area contributed by atoms with E-state index in [9.17, 15) is 4.21 Å². The van der Waals surface area contributed by atoms with E-state index in [1.807, 2.05) is 24.3 Å². The number of thiol groups is 1. The Morgan fingerprint density at radius 2 is 2.06 bits per heavy atom. The predicted octanol–water partition coefficient (Wildman–Crippen LogP) is 0.401. The molecule has 0 bridgehead atoms. The fourth-order valence-electron chi connectivity index (χ4n) is 1.23. The zero-order chi connectivity index (χ0) is 10.8. The second kappa shape index (κ2) is 6.35. The van der Waals surface area contributed by atoms with Crippen molar-refractivity contribution in [3.63, 3.8) is 0 Å². The van der Waals surface area contributed by atoms with E-state index >= 15 is 0 Å². The molecule has 1 atom stereocenters. The number of benzene rings is 1. The largest absolute Gasteiger partial charge is 1.00 e. The Labute approximate surface area is 130 Å². The first-order valence-corrected chi connectivity index (χ1v) is 6.59. The summed E-state index contributed by atoms with van der Waals surface area (Å²) >= 11 is 3.88. The predicted molar refractivity (Wildman–Crippen MR) is 67.2 cm³/mol. The summed E-state index contributed by atoms with van der Waals surface area (Å²) in [5, 5.41) is 1.69. The molecule has 0 saturated carbocycles. The molecule has 1 aromatic heterocycles. The van der Waals surface area contributed by atoms with Crippen molar-refractivity contribution in [2.24, 2.45) is 0 Å². The summed E-state index contributed by atoms with van der Waals surface area (Å²) in [6, 6.07) is 9.39. The number of thiophene rings is 1. The van der Waals surface area contributed by atoms with Gasteiger partial charge in [0.15, 0.2) is 11.1 Å². The van der Waals surface area contributed by atoms with Crippen LogP contribution in [0.5, 0.6) is 0 Å². The van der Waals surface area contributed by atoms with Gasteiger partial charge in [-0.05, 0) is 12.1 Å². The van der Waals surface area contributed by atoms with Gasteiger partial charge >= 0.3 is 29.6 Å². The molecule has 0 saturated heterocycles. The first-order valence-electron chi connectivity index (χ1n) is 4.16. The van der Waals surface area contributed by atoms with Gasteiger partial charge in [-0.15, -0.1) is 24.0 Å².